The molecule has 0 bridgehead atoms. The fourth-order valence-electron chi connectivity index (χ4n) is 2.77. The number of hydrogen-bond acceptors (Lipinski definition) is 18. The second-order valence-electron chi connectivity index (χ2n) is 6.81. The normalized spacial score (nSPS) is 10.9. The van der Waals surface area contributed by atoms with E-state index in [-0.39, 0.29) is 58.9 Å². The van der Waals surface area contributed by atoms with Crippen LogP contribution in [0.5, 0.6) is 0 Å². The number of carbonyl (C=O) groups excluding carboxylic acids is 5. The van der Waals surface area contributed by atoms with Crippen molar-refractivity contribution in [3.05, 3.63) is 0 Å². The minimum atomic E-state index is -0.794. The van der Waals surface area contributed by atoms with Crippen molar-refractivity contribution in [3.63, 3.8) is 0 Å². The summed E-state index contributed by atoms with van der Waals surface area (Å²) in [5.74, 6) is -3.93. The minimum absolute atomic E-state index is 0.0509. The Bertz CT molecular complexity index is 620. The zero-order valence-corrected chi connectivity index (χ0v) is 21.3. The Kier molecular flexibility index (Phi) is 19.4. The Morgan fingerprint density at radius 2 is 0.568 bits per heavy atom. The van der Waals surface area contributed by atoms with E-state index >= 15 is 0 Å². The summed E-state index contributed by atoms with van der Waals surface area (Å²) in [6.45, 7) is -1.43. The number of carbonyl (C=O) groups is 5. The maximum absolute atomic E-state index is 12.0. The molecule has 0 fully saturated rings. The third-order valence-electron chi connectivity index (χ3n) is 4.11. The van der Waals surface area contributed by atoms with Gasteiger partial charge in [-0.05, 0) is 0 Å². The van der Waals surface area contributed by atoms with Crippen LogP contribution in [0.2, 0.25) is 0 Å². The lowest BCUT2D eigenvalue weighted by molar-refractivity contribution is -0.259. The molecule has 0 aliphatic rings. The van der Waals surface area contributed by atoms with Gasteiger partial charge in [0.1, 0.15) is 32.7 Å². The quantitative estimate of drug-likeness (QED) is 0.108. The first-order valence-electron chi connectivity index (χ1n) is 10.5. The molecule has 0 unspecified atom stereocenters. The highest BCUT2D eigenvalue weighted by molar-refractivity contribution is 5.75. The maximum Gasteiger partial charge on any atom is 0.356 e. The summed E-state index contributed by atoms with van der Waals surface area (Å²) in [5.41, 5.74) is 0. The van der Waals surface area contributed by atoms with Crippen molar-refractivity contribution in [3.8, 4) is 0 Å². The Morgan fingerprint density at radius 3 is 0.784 bits per heavy atom. The first-order chi connectivity index (χ1) is 17.7. The Morgan fingerprint density at radius 1 is 0.378 bits per heavy atom. The molecule has 0 aromatic heterocycles. The van der Waals surface area contributed by atoms with Gasteiger partial charge in [-0.2, -0.15) is 24.4 Å². The van der Waals surface area contributed by atoms with Crippen LogP contribution in [0.15, 0.2) is 0 Å². The summed E-state index contributed by atoms with van der Waals surface area (Å²) in [5, 5.41) is 0. The molecule has 0 radical (unpaired) electrons. The lowest BCUT2D eigenvalue weighted by Gasteiger charge is -2.27. The summed E-state index contributed by atoms with van der Waals surface area (Å²) < 4.78 is 0. The molecular formula is C19H33N3O15. The van der Waals surface area contributed by atoms with Crippen LogP contribution in [0.25, 0.3) is 0 Å². The second-order valence-corrected chi connectivity index (χ2v) is 6.81. The van der Waals surface area contributed by atoms with Gasteiger partial charge in [0.2, 0.25) is 0 Å². The second kappa shape index (κ2) is 21.1. The standard InChI is InChI=1S/C19H33N3O15/c1-28-33-15(23)10-20(6-8-21(11-16(24)34-29-2)12-17(25)35-30-3)7-9-22(13-18(26)36-31-4)14-19(27)37-32-5/h6-14H2,1-5H3. The van der Waals surface area contributed by atoms with E-state index < -0.39 is 29.8 Å². The molecule has 0 saturated carbocycles. The predicted molar refractivity (Wildman–Crippen MR) is 115 cm³/mol. The largest absolute Gasteiger partial charge is 0.356 e. The number of hydrogen-bond donors (Lipinski definition) is 0. The van der Waals surface area contributed by atoms with Gasteiger partial charge in [-0.1, -0.05) is 0 Å². The fourth-order valence-corrected chi connectivity index (χ4v) is 2.77. The van der Waals surface area contributed by atoms with Crippen LogP contribution in [0.4, 0.5) is 0 Å². The SMILES string of the molecule is COOC(=O)CN(CCN(CC(=O)OOC)CC(=O)OOC)CCN(CC(=O)OOC)CC(=O)OOC. The fraction of sp³-hybridized carbons (Fsp3) is 0.737. The highest BCUT2D eigenvalue weighted by Gasteiger charge is 2.22. The summed E-state index contributed by atoms with van der Waals surface area (Å²) in [6, 6.07) is 0. The van der Waals surface area contributed by atoms with Crippen molar-refractivity contribution in [2.24, 2.45) is 0 Å². The number of rotatable bonds is 21. The smallest absolute Gasteiger partial charge is 0.297 e. The van der Waals surface area contributed by atoms with Crippen LogP contribution in [0.3, 0.4) is 0 Å². The van der Waals surface area contributed by atoms with Crippen molar-refractivity contribution < 1.29 is 72.8 Å². The Hall–Kier alpha value is -2.97. The molecular weight excluding hydrogens is 510 g/mol. The third-order valence-corrected chi connectivity index (χ3v) is 4.11. The molecule has 214 valence electrons. The molecule has 37 heavy (non-hydrogen) atoms. The van der Waals surface area contributed by atoms with Crippen molar-refractivity contribution in [1.29, 1.82) is 0 Å². The molecule has 0 aromatic rings. The first kappa shape index (κ1) is 34.0. The van der Waals surface area contributed by atoms with Gasteiger partial charge in [0.05, 0.1) is 35.5 Å². The topological polar surface area (TPSA) is 187 Å². The molecule has 0 amide bonds. The minimum Gasteiger partial charge on any atom is -0.297 e. The van der Waals surface area contributed by atoms with Gasteiger partial charge in [-0.15, -0.1) is 0 Å². The van der Waals surface area contributed by atoms with Gasteiger partial charge in [-0.3, -0.25) is 39.1 Å². The highest BCUT2D eigenvalue weighted by Crippen LogP contribution is 2.00. The summed E-state index contributed by atoms with van der Waals surface area (Å²) in [7, 11) is 5.71. The van der Waals surface area contributed by atoms with Gasteiger partial charge in [0.15, 0.2) is 0 Å². The van der Waals surface area contributed by atoms with Crippen LogP contribution < -0.4 is 0 Å². The summed E-state index contributed by atoms with van der Waals surface area (Å²) in [6.07, 6.45) is 0. The molecule has 0 aromatic carbocycles. The lowest BCUT2D eigenvalue weighted by Crippen LogP contribution is -2.46. The van der Waals surface area contributed by atoms with Gasteiger partial charge >= 0.3 is 29.8 Å². The highest BCUT2D eigenvalue weighted by atomic mass is 17.2. The Balaban J connectivity index is 5.41. The molecule has 0 aliphatic heterocycles. The van der Waals surface area contributed by atoms with E-state index in [0.29, 0.717) is 0 Å². The predicted octanol–water partition coefficient (Wildman–Crippen LogP) is -2.58. The Labute approximate surface area is 212 Å². The van der Waals surface area contributed by atoms with Crippen LogP contribution in [-0.4, -0.2) is 139 Å². The van der Waals surface area contributed by atoms with E-state index in [9.17, 15) is 24.0 Å². The van der Waals surface area contributed by atoms with Crippen LogP contribution >= 0.6 is 0 Å². The molecule has 18 nitrogen and oxygen atoms in total. The summed E-state index contributed by atoms with van der Waals surface area (Å²) in [4.78, 5) is 107. The average molecular weight is 543 g/mol. The van der Waals surface area contributed by atoms with Gasteiger partial charge in [-0.25, -0.2) is 24.0 Å². The van der Waals surface area contributed by atoms with E-state index in [1.54, 1.807) is 4.90 Å². The van der Waals surface area contributed by atoms with E-state index in [1.165, 1.54) is 9.80 Å². The van der Waals surface area contributed by atoms with Crippen LogP contribution in [0, 0.1) is 0 Å². The van der Waals surface area contributed by atoms with Gasteiger partial charge < -0.3 is 0 Å². The molecule has 0 aliphatic carbocycles. The molecule has 18 heteroatoms. The molecule has 0 rings (SSSR count). The van der Waals surface area contributed by atoms with E-state index in [4.69, 9.17) is 0 Å². The number of nitrogens with zero attached hydrogens (tertiary/aromatic N) is 3. The molecule has 0 heterocycles. The van der Waals surface area contributed by atoms with Gasteiger partial charge in [0.25, 0.3) is 0 Å². The van der Waals surface area contributed by atoms with E-state index in [0.717, 1.165) is 35.5 Å². The molecule has 0 N–H and O–H groups in total. The maximum atomic E-state index is 12.0. The summed E-state index contributed by atoms with van der Waals surface area (Å²) >= 11 is 0. The van der Waals surface area contributed by atoms with E-state index in [2.05, 4.69) is 48.9 Å². The molecule has 0 spiro atoms. The van der Waals surface area contributed by atoms with Crippen molar-refractivity contribution >= 4 is 29.8 Å². The van der Waals surface area contributed by atoms with Crippen molar-refractivity contribution in [1.82, 2.24) is 14.7 Å². The van der Waals surface area contributed by atoms with Crippen molar-refractivity contribution in [2.75, 3.05) is 94.5 Å². The first-order valence-corrected chi connectivity index (χ1v) is 10.5. The van der Waals surface area contributed by atoms with Crippen molar-refractivity contribution in [2.45, 2.75) is 0 Å². The third kappa shape index (κ3) is 18.0. The van der Waals surface area contributed by atoms with Crippen LogP contribution in [-0.2, 0) is 72.8 Å². The monoisotopic (exact) mass is 543 g/mol. The van der Waals surface area contributed by atoms with Crippen LogP contribution in [0.1, 0.15) is 0 Å². The molecule has 0 atom stereocenters. The van der Waals surface area contributed by atoms with Gasteiger partial charge in [0, 0.05) is 26.2 Å². The lowest BCUT2D eigenvalue weighted by atomic mass is 10.3. The zero-order chi connectivity index (χ0) is 28.1. The molecule has 0 saturated heterocycles. The average Bonchev–Trinajstić information content (AvgIpc) is 2.81. The zero-order valence-electron chi connectivity index (χ0n) is 21.3. The van der Waals surface area contributed by atoms with E-state index in [1.807, 2.05) is 0 Å².